The summed E-state index contributed by atoms with van der Waals surface area (Å²) in [7, 11) is -3.48. The van der Waals surface area contributed by atoms with E-state index in [2.05, 4.69) is 46.5 Å². The first-order chi connectivity index (χ1) is 16.6. The highest BCUT2D eigenvalue weighted by Crippen LogP contribution is 2.29. The van der Waals surface area contributed by atoms with Gasteiger partial charge in [-0.05, 0) is 32.0 Å². The van der Waals surface area contributed by atoms with Gasteiger partial charge in [-0.25, -0.2) is 13.4 Å². The average Bonchev–Trinajstić information content (AvgIpc) is 3.47. The summed E-state index contributed by atoms with van der Waals surface area (Å²) in [6.45, 7) is 5.49. The predicted octanol–water partition coefficient (Wildman–Crippen LogP) is 2.40. The van der Waals surface area contributed by atoms with Crippen LogP contribution in [0.25, 0.3) is 11.3 Å². The lowest BCUT2D eigenvalue weighted by Gasteiger charge is -2.37. The number of rotatable bonds is 7. The lowest BCUT2D eigenvalue weighted by atomic mass is 10.1. The van der Waals surface area contributed by atoms with Crippen LogP contribution in [0.4, 0.5) is 10.8 Å². The van der Waals surface area contributed by atoms with E-state index in [1.165, 1.54) is 29.8 Å². The van der Waals surface area contributed by atoms with Crippen LogP contribution in [-0.4, -0.2) is 67.3 Å². The molecule has 0 aliphatic carbocycles. The fourth-order valence-corrected chi connectivity index (χ4v) is 5.18. The number of hydrogen-bond donors (Lipinski definition) is 2. The van der Waals surface area contributed by atoms with Gasteiger partial charge in [0.2, 0.25) is 15.9 Å². The van der Waals surface area contributed by atoms with Crippen LogP contribution >= 0.6 is 11.3 Å². The van der Waals surface area contributed by atoms with Crippen molar-refractivity contribution in [1.29, 1.82) is 0 Å². The van der Waals surface area contributed by atoms with E-state index in [-0.39, 0.29) is 24.3 Å². The van der Waals surface area contributed by atoms with E-state index < -0.39 is 21.8 Å². The highest BCUT2D eigenvalue weighted by molar-refractivity contribution is 7.89. The lowest BCUT2D eigenvalue weighted by Crippen LogP contribution is -2.45. The zero-order valence-electron chi connectivity index (χ0n) is 19.6. The summed E-state index contributed by atoms with van der Waals surface area (Å²) in [5.74, 6) is -0.988. The molecule has 1 fully saturated rings. The largest absolute Gasteiger partial charge is 0.372 e. The van der Waals surface area contributed by atoms with Crippen molar-refractivity contribution in [3.8, 4) is 11.3 Å². The summed E-state index contributed by atoms with van der Waals surface area (Å²) in [6.07, 6.45) is 3.82. The first kappa shape index (κ1) is 24.9. The second-order valence-electron chi connectivity index (χ2n) is 8.47. The number of hydrogen-bond acceptors (Lipinski definition) is 8. The first-order valence-corrected chi connectivity index (χ1v) is 13.7. The number of thiazole rings is 1. The molecule has 0 bridgehead atoms. The molecule has 35 heavy (non-hydrogen) atoms. The van der Waals surface area contributed by atoms with Crippen molar-refractivity contribution in [3.05, 3.63) is 53.7 Å². The summed E-state index contributed by atoms with van der Waals surface area (Å²) in [5.41, 5.74) is 2.92. The summed E-state index contributed by atoms with van der Waals surface area (Å²) < 4.78 is 29.8. The van der Waals surface area contributed by atoms with Gasteiger partial charge in [0.25, 0.3) is 5.91 Å². The zero-order valence-corrected chi connectivity index (χ0v) is 21.2. The second-order valence-corrected chi connectivity index (χ2v) is 11.2. The molecule has 3 aromatic rings. The Labute approximate surface area is 208 Å². The monoisotopic (exact) mass is 517 g/mol. The van der Waals surface area contributed by atoms with Crippen LogP contribution in [0, 0.1) is 0 Å². The van der Waals surface area contributed by atoms with Gasteiger partial charge in [-0.1, -0.05) is 12.1 Å². The van der Waals surface area contributed by atoms with Crippen molar-refractivity contribution in [2.24, 2.45) is 0 Å². The maximum atomic E-state index is 12.3. The van der Waals surface area contributed by atoms with Gasteiger partial charge in [0, 0.05) is 42.1 Å². The van der Waals surface area contributed by atoms with Gasteiger partial charge in [0.05, 0.1) is 36.3 Å². The Balaban J connectivity index is 1.35. The van der Waals surface area contributed by atoms with E-state index in [0.29, 0.717) is 5.13 Å². The number of benzene rings is 1. The topological polar surface area (TPSA) is 123 Å². The molecule has 4 rings (SSSR count). The normalized spacial score (nSPS) is 18.3. The molecule has 1 saturated heterocycles. The highest BCUT2D eigenvalue weighted by Gasteiger charge is 2.22. The fraction of sp³-hybridized carbons (Fsp3) is 0.348. The molecule has 1 aromatic carbocycles. The Morgan fingerprint density at radius 3 is 2.63 bits per heavy atom. The SMILES string of the molecule is C[C@@H]1CN(c2cccc(-c3csc(NC(=O)CNC(=O)c4ccn(S(C)(=O)=O)c4)n3)c2)C[C@@H](C)O1. The molecule has 3 heterocycles. The van der Waals surface area contributed by atoms with Crippen molar-refractivity contribution in [2.45, 2.75) is 26.1 Å². The molecule has 2 N–H and O–H groups in total. The van der Waals surface area contributed by atoms with Gasteiger partial charge in [-0.15, -0.1) is 11.3 Å². The van der Waals surface area contributed by atoms with Gasteiger partial charge in [-0.2, -0.15) is 0 Å². The van der Waals surface area contributed by atoms with Crippen LogP contribution in [0.1, 0.15) is 24.2 Å². The van der Waals surface area contributed by atoms with E-state index in [1.807, 2.05) is 17.5 Å². The van der Waals surface area contributed by atoms with Crippen molar-refractivity contribution in [3.63, 3.8) is 0 Å². The number of nitrogens with zero attached hydrogens (tertiary/aromatic N) is 3. The summed E-state index contributed by atoms with van der Waals surface area (Å²) in [5, 5.41) is 7.44. The molecule has 0 unspecified atom stereocenters. The Hall–Kier alpha value is -3.22. The number of amides is 2. The third kappa shape index (κ3) is 6.27. The maximum Gasteiger partial charge on any atom is 0.253 e. The molecule has 12 heteroatoms. The zero-order chi connectivity index (χ0) is 25.2. The van der Waals surface area contributed by atoms with Gasteiger partial charge >= 0.3 is 0 Å². The number of anilines is 2. The van der Waals surface area contributed by atoms with E-state index >= 15 is 0 Å². The van der Waals surface area contributed by atoms with Crippen molar-refractivity contribution < 1.29 is 22.7 Å². The molecular formula is C23H27N5O5S2. The molecule has 0 spiro atoms. The first-order valence-electron chi connectivity index (χ1n) is 11.0. The quantitative estimate of drug-likeness (QED) is 0.493. The molecule has 10 nitrogen and oxygen atoms in total. The molecule has 0 saturated carbocycles. The Morgan fingerprint density at radius 1 is 1.20 bits per heavy atom. The molecule has 186 valence electrons. The summed E-state index contributed by atoms with van der Waals surface area (Å²) in [4.78, 5) is 31.3. The Kier molecular flexibility index (Phi) is 7.24. The molecular weight excluding hydrogens is 490 g/mol. The minimum atomic E-state index is -3.48. The maximum absolute atomic E-state index is 12.3. The van der Waals surface area contributed by atoms with Crippen LogP contribution in [0.2, 0.25) is 0 Å². The van der Waals surface area contributed by atoms with Gasteiger partial charge < -0.3 is 20.3 Å². The predicted molar refractivity (Wildman–Crippen MR) is 135 cm³/mol. The van der Waals surface area contributed by atoms with Crippen LogP contribution in [0.3, 0.4) is 0 Å². The number of carbonyl (C=O) groups excluding carboxylic acids is 2. The van der Waals surface area contributed by atoms with Crippen LogP contribution < -0.4 is 15.5 Å². The average molecular weight is 518 g/mol. The summed E-state index contributed by atoms with van der Waals surface area (Å²) >= 11 is 1.29. The highest BCUT2D eigenvalue weighted by atomic mass is 32.2. The molecule has 2 amide bonds. The van der Waals surface area contributed by atoms with Gasteiger partial charge in [-0.3, -0.25) is 13.6 Å². The Morgan fingerprint density at radius 2 is 1.94 bits per heavy atom. The van der Waals surface area contributed by atoms with E-state index in [0.717, 1.165) is 40.3 Å². The summed E-state index contributed by atoms with van der Waals surface area (Å²) in [6, 6.07) is 9.47. The van der Waals surface area contributed by atoms with Gasteiger partial charge in [0.15, 0.2) is 5.13 Å². The van der Waals surface area contributed by atoms with Crippen LogP contribution in [0.15, 0.2) is 48.1 Å². The number of aromatic nitrogens is 2. The van der Waals surface area contributed by atoms with Crippen LogP contribution in [0.5, 0.6) is 0 Å². The number of morpholine rings is 1. The third-order valence-electron chi connectivity index (χ3n) is 5.40. The van der Waals surface area contributed by atoms with Gasteiger partial charge in [0.1, 0.15) is 0 Å². The minimum absolute atomic E-state index is 0.142. The van der Waals surface area contributed by atoms with E-state index in [4.69, 9.17) is 4.74 Å². The number of nitrogens with one attached hydrogen (secondary N) is 2. The molecule has 1 aliphatic rings. The third-order valence-corrected chi connectivity index (χ3v) is 7.15. The smallest absolute Gasteiger partial charge is 0.253 e. The standard InChI is InChI=1S/C23H27N5O5S2/c1-15-11-27(12-16(2)33-15)19-6-4-5-17(9-19)20-14-34-23(25-20)26-21(29)10-24-22(30)18-7-8-28(13-18)35(3,31)32/h4-9,13-16H,10-12H2,1-3H3,(H,24,30)(H,25,26,29)/t15-,16-/m1/s1. The molecule has 1 aliphatic heterocycles. The van der Waals surface area contributed by atoms with Crippen molar-refractivity contribution in [2.75, 3.05) is 36.1 Å². The van der Waals surface area contributed by atoms with Crippen molar-refractivity contribution in [1.82, 2.24) is 14.3 Å². The lowest BCUT2D eigenvalue weighted by molar-refractivity contribution is -0.115. The molecule has 2 atom stereocenters. The van der Waals surface area contributed by atoms with Crippen LogP contribution in [-0.2, 0) is 19.6 Å². The van der Waals surface area contributed by atoms with E-state index in [1.54, 1.807) is 0 Å². The van der Waals surface area contributed by atoms with Crippen molar-refractivity contribution >= 4 is 44.0 Å². The molecule has 0 radical (unpaired) electrons. The number of carbonyl (C=O) groups is 2. The van der Waals surface area contributed by atoms with E-state index in [9.17, 15) is 18.0 Å². The second kappa shape index (κ2) is 10.2. The fourth-order valence-electron chi connectivity index (χ4n) is 3.86. The molecule has 2 aromatic heterocycles. The minimum Gasteiger partial charge on any atom is -0.372 e. The Bertz CT molecular complexity index is 1320. The number of ether oxygens (including phenoxy) is 1.